The summed E-state index contributed by atoms with van der Waals surface area (Å²) in [7, 11) is 0. The molecule has 9 rings (SSSR count). The van der Waals surface area contributed by atoms with E-state index >= 15 is 0 Å². The average Bonchev–Trinajstić information content (AvgIpc) is 3.62. The lowest BCUT2D eigenvalue weighted by molar-refractivity contribution is 1.07. The second-order valence-corrected chi connectivity index (χ2v) is 10.7. The van der Waals surface area contributed by atoms with Gasteiger partial charge in [0.2, 0.25) is 0 Å². The number of fused-ring (bicyclic) bond motifs is 6. The highest BCUT2D eigenvalue weighted by molar-refractivity contribution is 6.09. The van der Waals surface area contributed by atoms with Gasteiger partial charge in [-0.3, -0.25) is 19.5 Å². The Balaban J connectivity index is 1.30. The Morgan fingerprint density at radius 2 is 1.14 bits per heavy atom. The van der Waals surface area contributed by atoms with Gasteiger partial charge < -0.3 is 4.57 Å². The molecule has 0 aliphatic rings. The van der Waals surface area contributed by atoms with E-state index in [0.29, 0.717) is 0 Å². The van der Waals surface area contributed by atoms with E-state index in [1.54, 1.807) is 6.20 Å². The number of rotatable bonds is 4. The molecule has 7 aromatic heterocycles. The number of nitrogens with zero attached hydrogens (tertiary/aromatic N) is 7. The third kappa shape index (κ3) is 3.73. The van der Waals surface area contributed by atoms with Crippen LogP contribution in [0.25, 0.3) is 78.0 Å². The zero-order chi connectivity index (χ0) is 29.0. The van der Waals surface area contributed by atoms with Crippen LogP contribution < -0.4 is 0 Å². The molecule has 0 saturated heterocycles. The summed E-state index contributed by atoms with van der Waals surface area (Å²) in [6, 6.07) is 39.0. The Hall–Kier alpha value is -6.21. The second kappa shape index (κ2) is 9.68. The van der Waals surface area contributed by atoms with E-state index in [-0.39, 0.29) is 0 Å². The summed E-state index contributed by atoms with van der Waals surface area (Å²) in [4.78, 5) is 24.1. The number of hydrogen-bond donors (Lipinski definition) is 0. The molecule has 9 aromatic rings. The molecular weight excluding hydrogens is 542 g/mol. The van der Waals surface area contributed by atoms with Crippen LogP contribution in [0.4, 0.5) is 0 Å². The van der Waals surface area contributed by atoms with Crippen LogP contribution in [0.2, 0.25) is 0 Å². The Morgan fingerprint density at radius 1 is 0.432 bits per heavy atom. The van der Waals surface area contributed by atoms with Gasteiger partial charge in [-0.1, -0.05) is 48.5 Å². The highest BCUT2D eigenvalue weighted by atomic mass is 15.1. The minimum atomic E-state index is 0.749. The standard InChI is InChI=1S/C37H23N7/c1-3-13-32-25(9-1)26-17-20-38-23-35(26)44(32)36-16-7-12-29(42-36)31-22-24(21-30(41-31)28-11-5-6-18-39-28)43-33-14-4-2-10-27(33)37-34(43)15-8-19-40-37/h1-23H. The monoisotopic (exact) mass is 565 g/mol. The maximum atomic E-state index is 5.20. The first-order valence-electron chi connectivity index (χ1n) is 14.4. The fourth-order valence-electron chi connectivity index (χ4n) is 6.24. The lowest BCUT2D eigenvalue weighted by Gasteiger charge is -2.13. The molecule has 0 unspecified atom stereocenters. The Labute approximate surface area is 251 Å². The molecule has 0 N–H and O–H groups in total. The molecule has 7 nitrogen and oxygen atoms in total. The van der Waals surface area contributed by atoms with Crippen LogP contribution in [0, 0.1) is 0 Å². The highest BCUT2D eigenvalue weighted by Gasteiger charge is 2.18. The quantitative estimate of drug-likeness (QED) is 0.215. The van der Waals surface area contributed by atoms with Crippen LogP contribution in [0.3, 0.4) is 0 Å². The van der Waals surface area contributed by atoms with E-state index in [9.17, 15) is 0 Å². The van der Waals surface area contributed by atoms with Crippen molar-refractivity contribution in [2.24, 2.45) is 0 Å². The molecule has 44 heavy (non-hydrogen) atoms. The smallest absolute Gasteiger partial charge is 0.138 e. The van der Waals surface area contributed by atoms with Crippen molar-refractivity contribution in [3.63, 3.8) is 0 Å². The van der Waals surface area contributed by atoms with Crippen molar-refractivity contribution in [1.29, 1.82) is 0 Å². The van der Waals surface area contributed by atoms with Crippen molar-refractivity contribution in [2.75, 3.05) is 0 Å². The van der Waals surface area contributed by atoms with Gasteiger partial charge in [-0.15, -0.1) is 0 Å². The lowest BCUT2D eigenvalue weighted by atomic mass is 10.1. The van der Waals surface area contributed by atoms with Crippen LogP contribution in [0.15, 0.2) is 140 Å². The second-order valence-electron chi connectivity index (χ2n) is 10.7. The molecule has 0 aliphatic carbocycles. The predicted octanol–water partition coefficient (Wildman–Crippen LogP) is 8.19. The summed E-state index contributed by atoms with van der Waals surface area (Å²) in [5.41, 5.74) is 9.17. The van der Waals surface area contributed by atoms with Gasteiger partial charge in [0.05, 0.1) is 62.2 Å². The van der Waals surface area contributed by atoms with Gasteiger partial charge in [0.1, 0.15) is 5.82 Å². The summed E-state index contributed by atoms with van der Waals surface area (Å²) in [6.45, 7) is 0. The molecule has 7 heterocycles. The minimum Gasteiger partial charge on any atom is -0.307 e. The van der Waals surface area contributed by atoms with Crippen molar-refractivity contribution in [1.82, 2.24) is 34.1 Å². The molecule has 0 atom stereocenters. The van der Waals surface area contributed by atoms with E-state index in [0.717, 1.165) is 78.0 Å². The molecular formula is C37H23N7. The average molecular weight is 566 g/mol. The molecule has 2 aromatic carbocycles. The van der Waals surface area contributed by atoms with E-state index in [2.05, 4.69) is 91.9 Å². The fraction of sp³-hybridized carbons (Fsp3) is 0. The third-order valence-electron chi connectivity index (χ3n) is 8.13. The molecule has 206 valence electrons. The van der Waals surface area contributed by atoms with Crippen LogP contribution in [0.5, 0.6) is 0 Å². The third-order valence-corrected chi connectivity index (χ3v) is 8.13. The number of para-hydroxylation sites is 2. The zero-order valence-electron chi connectivity index (χ0n) is 23.4. The van der Waals surface area contributed by atoms with Gasteiger partial charge in [-0.25, -0.2) is 9.97 Å². The fourth-order valence-corrected chi connectivity index (χ4v) is 6.24. The summed E-state index contributed by atoms with van der Waals surface area (Å²) in [5, 5.41) is 3.40. The lowest BCUT2D eigenvalue weighted by Crippen LogP contribution is -2.02. The maximum Gasteiger partial charge on any atom is 0.138 e. The number of benzene rings is 2. The zero-order valence-corrected chi connectivity index (χ0v) is 23.4. The van der Waals surface area contributed by atoms with Gasteiger partial charge in [-0.05, 0) is 66.7 Å². The van der Waals surface area contributed by atoms with Gasteiger partial charge in [0.15, 0.2) is 0 Å². The van der Waals surface area contributed by atoms with Crippen LogP contribution >= 0.6 is 0 Å². The Kier molecular flexibility index (Phi) is 5.36. The highest BCUT2D eigenvalue weighted by Crippen LogP contribution is 2.34. The first-order chi connectivity index (χ1) is 21.8. The van der Waals surface area contributed by atoms with Gasteiger partial charge in [0, 0.05) is 34.7 Å². The first-order valence-corrected chi connectivity index (χ1v) is 14.4. The summed E-state index contributed by atoms with van der Waals surface area (Å²) in [5.74, 6) is 0.800. The van der Waals surface area contributed by atoms with Crippen molar-refractivity contribution in [3.8, 4) is 34.3 Å². The summed E-state index contributed by atoms with van der Waals surface area (Å²) in [6.07, 6.45) is 7.37. The first kappa shape index (κ1) is 24.4. The van der Waals surface area contributed by atoms with Gasteiger partial charge in [0.25, 0.3) is 0 Å². The van der Waals surface area contributed by atoms with Gasteiger partial charge >= 0.3 is 0 Å². The Bertz CT molecular complexity index is 2400. The summed E-state index contributed by atoms with van der Waals surface area (Å²) >= 11 is 0. The minimum absolute atomic E-state index is 0.749. The summed E-state index contributed by atoms with van der Waals surface area (Å²) < 4.78 is 4.42. The Morgan fingerprint density at radius 3 is 2.00 bits per heavy atom. The molecule has 0 spiro atoms. The molecule has 0 bridgehead atoms. The molecule has 0 aliphatic heterocycles. The van der Waals surface area contributed by atoms with E-state index in [1.165, 1.54) is 0 Å². The predicted molar refractivity (Wildman–Crippen MR) is 175 cm³/mol. The van der Waals surface area contributed by atoms with Crippen molar-refractivity contribution < 1.29 is 0 Å². The molecule has 7 heteroatoms. The number of aromatic nitrogens is 7. The molecule has 0 amide bonds. The maximum absolute atomic E-state index is 5.20. The molecule has 0 radical (unpaired) electrons. The topological polar surface area (TPSA) is 74.3 Å². The normalized spacial score (nSPS) is 11.6. The van der Waals surface area contributed by atoms with Crippen LogP contribution in [0.1, 0.15) is 0 Å². The number of hydrogen-bond acceptors (Lipinski definition) is 5. The van der Waals surface area contributed by atoms with Crippen LogP contribution in [-0.2, 0) is 0 Å². The van der Waals surface area contributed by atoms with Crippen molar-refractivity contribution in [3.05, 3.63) is 140 Å². The van der Waals surface area contributed by atoms with E-state index < -0.39 is 0 Å². The van der Waals surface area contributed by atoms with E-state index in [4.69, 9.17) is 15.0 Å². The van der Waals surface area contributed by atoms with E-state index in [1.807, 2.05) is 61.1 Å². The van der Waals surface area contributed by atoms with Crippen molar-refractivity contribution >= 4 is 43.7 Å². The molecule has 0 fully saturated rings. The van der Waals surface area contributed by atoms with Gasteiger partial charge in [-0.2, -0.15) is 0 Å². The van der Waals surface area contributed by atoms with Crippen molar-refractivity contribution in [2.45, 2.75) is 0 Å². The van der Waals surface area contributed by atoms with Crippen LogP contribution in [-0.4, -0.2) is 34.1 Å². The SMILES string of the molecule is c1ccc(-c2cc(-n3c4ccccc4c4ncccc43)cc(-c3cccc(-n4c5ccccc5c5ccncc54)n3)n2)nc1. The number of pyridine rings is 5. The molecule has 0 saturated carbocycles. The largest absolute Gasteiger partial charge is 0.307 e.